The third kappa shape index (κ3) is 3.04. The fourth-order valence-electron chi connectivity index (χ4n) is 1.31. The molecule has 1 aliphatic carbocycles. The molecule has 1 rings (SSSR count). The molecule has 0 nitrogen and oxygen atoms in total. The van der Waals surface area contributed by atoms with Gasteiger partial charge in [-0.3, -0.25) is 0 Å². The van der Waals surface area contributed by atoms with Crippen molar-refractivity contribution in [1.82, 2.24) is 0 Å². The van der Waals surface area contributed by atoms with Crippen LogP contribution in [0.2, 0.25) is 14.8 Å². The first-order valence-electron chi connectivity index (χ1n) is 4.52. The topological polar surface area (TPSA) is 0 Å². The molecule has 0 saturated heterocycles. The summed E-state index contributed by atoms with van der Waals surface area (Å²) < 4.78 is 38.3. The van der Waals surface area contributed by atoms with Crippen LogP contribution >= 0.6 is 0 Å². The number of allylic oxidation sites excluding steroid dienone is 4. The maximum atomic E-state index is 12.4. The molecule has 1 aliphatic rings. The first-order chi connectivity index (χ1) is 6.21. The molecule has 0 N–H and O–H groups in total. The molecule has 0 amide bonds. The number of rotatable bonds is 1. The summed E-state index contributed by atoms with van der Waals surface area (Å²) in [5.74, 6) is -0.401. The van der Waals surface area contributed by atoms with E-state index in [1.165, 1.54) is 12.2 Å². The van der Waals surface area contributed by atoms with E-state index < -0.39 is 30.5 Å². The Balaban J connectivity index is 2.80. The van der Waals surface area contributed by atoms with Gasteiger partial charge in [-0.05, 0) is 0 Å². The SMILES string of the molecule is [CH3][Sn]([CH3])([CH3])[C]1=CC=C[C](C(F)(F)F)C1. The Hall–Kier alpha value is 0.0687. The molecule has 0 heterocycles. The van der Waals surface area contributed by atoms with Crippen molar-refractivity contribution in [2.24, 2.45) is 0 Å². The number of hydrogen-bond acceptors (Lipinski definition) is 0. The van der Waals surface area contributed by atoms with Gasteiger partial charge in [0.2, 0.25) is 0 Å². The summed E-state index contributed by atoms with van der Waals surface area (Å²) in [6.45, 7) is 0. The first-order valence-corrected chi connectivity index (χ1v) is 14.5. The van der Waals surface area contributed by atoms with E-state index in [-0.39, 0.29) is 6.42 Å². The van der Waals surface area contributed by atoms with Crippen molar-refractivity contribution < 1.29 is 13.2 Å². The minimum absolute atomic E-state index is 0.111. The van der Waals surface area contributed by atoms with Gasteiger partial charge in [0.1, 0.15) is 0 Å². The van der Waals surface area contributed by atoms with Crippen molar-refractivity contribution in [3.63, 3.8) is 0 Å². The molecule has 0 aromatic carbocycles. The fourth-order valence-corrected chi connectivity index (χ4v) is 5.07. The maximum absolute atomic E-state index is 12.4. The van der Waals surface area contributed by atoms with Crippen LogP contribution < -0.4 is 0 Å². The van der Waals surface area contributed by atoms with E-state index in [9.17, 15) is 13.2 Å². The first kappa shape index (κ1) is 12.1. The van der Waals surface area contributed by atoms with Crippen molar-refractivity contribution in [2.75, 3.05) is 0 Å². The van der Waals surface area contributed by atoms with Gasteiger partial charge in [-0.2, -0.15) is 0 Å². The Labute approximate surface area is 86.8 Å². The van der Waals surface area contributed by atoms with Gasteiger partial charge in [0.25, 0.3) is 0 Å². The predicted octanol–water partition coefficient (Wildman–Crippen LogP) is 3.89. The third-order valence-electron chi connectivity index (χ3n) is 2.30. The third-order valence-corrected chi connectivity index (χ3v) is 8.78. The van der Waals surface area contributed by atoms with E-state index in [0.29, 0.717) is 0 Å². The Morgan fingerprint density at radius 1 is 1.21 bits per heavy atom. The van der Waals surface area contributed by atoms with Crippen LogP contribution in [0.5, 0.6) is 0 Å². The summed E-state index contributed by atoms with van der Waals surface area (Å²) >= 11 is -2.30. The molecular weight excluding hydrogens is 296 g/mol. The fraction of sp³-hybridized carbons (Fsp3) is 0.500. The van der Waals surface area contributed by atoms with Crippen molar-refractivity contribution in [3.8, 4) is 0 Å². The quantitative estimate of drug-likeness (QED) is 0.645. The molecular formula is C10H14F3Sn. The van der Waals surface area contributed by atoms with Crippen LogP contribution in [0.1, 0.15) is 6.42 Å². The van der Waals surface area contributed by atoms with E-state index in [2.05, 4.69) is 14.8 Å². The Kier molecular flexibility index (Phi) is 3.39. The minimum atomic E-state index is -4.16. The second-order valence-electron chi connectivity index (χ2n) is 4.50. The number of alkyl halides is 3. The molecule has 0 spiro atoms. The summed E-state index contributed by atoms with van der Waals surface area (Å²) in [5.41, 5.74) is 0. The standard InChI is InChI=1S/C7H5F3.3CH3.Sn/c8-7(9,10)6-4-2-1-3-5-6;;;;/h1-2,4H,5H2;3*1H3;. The average molecular weight is 310 g/mol. The molecule has 0 aromatic rings. The molecule has 0 bridgehead atoms. The molecule has 0 saturated carbocycles. The molecule has 0 aromatic heterocycles. The van der Waals surface area contributed by atoms with Crippen molar-refractivity contribution in [1.29, 1.82) is 0 Å². The van der Waals surface area contributed by atoms with Crippen molar-refractivity contribution in [2.45, 2.75) is 27.4 Å². The molecule has 0 aliphatic heterocycles. The number of halogens is 3. The van der Waals surface area contributed by atoms with Crippen LogP contribution in [-0.4, -0.2) is 24.6 Å². The summed E-state index contributed by atoms with van der Waals surface area (Å²) in [7, 11) is 0. The summed E-state index contributed by atoms with van der Waals surface area (Å²) in [5, 5.41) is 0. The van der Waals surface area contributed by atoms with Crippen molar-refractivity contribution in [3.05, 3.63) is 27.7 Å². The molecule has 79 valence electrons. The van der Waals surface area contributed by atoms with Crippen LogP contribution in [0, 0.1) is 5.92 Å². The van der Waals surface area contributed by atoms with Gasteiger partial charge in [-0.1, -0.05) is 0 Å². The van der Waals surface area contributed by atoms with E-state index in [1.54, 1.807) is 0 Å². The van der Waals surface area contributed by atoms with E-state index in [0.717, 1.165) is 3.59 Å². The van der Waals surface area contributed by atoms with Gasteiger partial charge >= 0.3 is 86.7 Å². The summed E-state index contributed by atoms with van der Waals surface area (Å²) in [4.78, 5) is 6.40. The van der Waals surface area contributed by atoms with Gasteiger partial charge < -0.3 is 0 Å². The van der Waals surface area contributed by atoms with Crippen LogP contribution in [-0.2, 0) is 0 Å². The Morgan fingerprint density at radius 3 is 2.21 bits per heavy atom. The molecule has 14 heavy (non-hydrogen) atoms. The van der Waals surface area contributed by atoms with Gasteiger partial charge in [-0.25, -0.2) is 0 Å². The normalized spacial score (nSPS) is 19.7. The van der Waals surface area contributed by atoms with E-state index in [4.69, 9.17) is 0 Å². The molecule has 0 atom stereocenters. The zero-order valence-corrected chi connectivity index (χ0v) is 11.4. The van der Waals surface area contributed by atoms with Crippen molar-refractivity contribution >= 4 is 18.4 Å². The van der Waals surface area contributed by atoms with Gasteiger partial charge in [0.15, 0.2) is 0 Å². The van der Waals surface area contributed by atoms with Crippen LogP contribution in [0.3, 0.4) is 0 Å². The second kappa shape index (κ2) is 3.91. The average Bonchev–Trinajstić information content (AvgIpc) is 2.01. The van der Waals surface area contributed by atoms with E-state index in [1.807, 2.05) is 6.08 Å². The zero-order valence-electron chi connectivity index (χ0n) is 8.57. The Bertz CT molecular complexity index is 268. The van der Waals surface area contributed by atoms with E-state index >= 15 is 0 Å². The predicted molar refractivity (Wildman–Crippen MR) is 54.5 cm³/mol. The van der Waals surface area contributed by atoms with Crippen LogP contribution in [0.4, 0.5) is 13.2 Å². The second-order valence-corrected chi connectivity index (χ2v) is 19.2. The summed E-state index contributed by atoms with van der Waals surface area (Å²) in [6, 6.07) is 0. The van der Waals surface area contributed by atoms with Crippen LogP contribution in [0.15, 0.2) is 21.8 Å². The van der Waals surface area contributed by atoms with Crippen LogP contribution in [0.25, 0.3) is 0 Å². The molecule has 1 radical (unpaired) electrons. The van der Waals surface area contributed by atoms with Gasteiger partial charge in [0.05, 0.1) is 0 Å². The Morgan fingerprint density at radius 2 is 1.79 bits per heavy atom. The summed E-state index contributed by atoms with van der Waals surface area (Å²) in [6.07, 6.45) is 0.531. The molecule has 4 heteroatoms. The van der Waals surface area contributed by atoms with Gasteiger partial charge in [0, 0.05) is 0 Å². The molecule has 0 fully saturated rings. The van der Waals surface area contributed by atoms with Gasteiger partial charge in [-0.15, -0.1) is 0 Å². The zero-order chi connectivity index (χ0) is 11.0. The monoisotopic (exact) mass is 311 g/mol. The molecule has 0 unspecified atom stereocenters. The number of hydrogen-bond donors (Lipinski definition) is 0.